The van der Waals surface area contributed by atoms with E-state index in [-0.39, 0.29) is 0 Å². The van der Waals surface area contributed by atoms with Crippen LogP contribution in [0.3, 0.4) is 0 Å². The first-order chi connectivity index (χ1) is 8.17. The Hall–Kier alpha value is -0.0800. The van der Waals surface area contributed by atoms with Crippen molar-refractivity contribution in [2.45, 2.75) is 59.4 Å². The number of hydrogen-bond donors (Lipinski definition) is 1. The Kier molecular flexibility index (Phi) is 7.14. The van der Waals surface area contributed by atoms with Crippen LogP contribution in [-0.4, -0.2) is 37.1 Å². The predicted octanol–water partition coefficient (Wildman–Crippen LogP) is 3.13. The smallest absolute Gasteiger partial charge is 0.0217 e. The Morgan fingerprint density at radius 2 is 1.82 bits per heavy atom. The van der Waals surface area contributed by atoms with Crippen molar-refractivity contribution in [2.75, 3.05) is 26.2 Å². The molecule has 0 radical (unpaired) electrons. The lowest BCUT2D eigenvalue weighted by Gasteiger charge is -2.35. The zero-order valence-electron chi connectivity index (χ0n) is 12.3. The monoisotopic (exact) mass is 240 g/mol. The van der Waals surface area contributed by atoms with Crippen molar-refractivity contribution in [3.05, 3.63) is 0 Å². The van der Waals surface area contributed by atoms with E-state index in [9.17, 15) is 0 Å². The highest BCUT2D eigenvalue weighted by Gasteiger charge is 2.21. The summed E-state index contributed by atoms with van der Waals surface area (Å²) in [5, 5.41) is 3.70. The van der Waals surface area contributed by atoms with Gasteiger partial charge in [-0.05, 0) is 50.7 Å². The minimum Gasteiger partial charge on any atom is -0.312 e. The first-order valence-corrected chi connectivity index (χ1v) is 7.63. The van der Waals surface area contributed by atoms with E-state index in [0.717, 1.165) is 18.4 Å². The minimum atomic E-state index is 0.674. The molecule has 2 heteroatoms. The van der Waals surface area contributed by atoms with Gasteiger partial charge in [-0.15, -0.1) is 0 Å². The fraction of sp³-hybridized carbons (Fsp3) is 1.00. The van der Waals surface area contributed by atoms with Gasteiger partial charge in [0.1, 0.15) is 0 Å². The van der Waals surface area contributed by atoms with Crippen LogP contribution in [0.2, 0.25) is 0 Å². The molecule has 1 heterocycles. The van der Waals surface area contributed by atoms with Crippen molar-refractivity contribution in [1.29, 1.82) is 0 Å². The molecule has 0 aromatic rings. The van der Waals surface area contributed by atoms with E-state index < -0.39 is 0 Å². The van der Waals surface area contributed by atoms with Gasteiger partial charge < -0.3 is 10.2 Å². The molecule has 1 N–H and O–H groups in total. The molecule has 1 fully saturated rings. The molecule has 1 aliphatic heterocycles. The summed E-state index contributed by atoms with van der Waals surface area (Å²) in [6.45, 7) is 14.3. The van der Waals surface area contributed by atoms with Gasteiger partial charge in [0.25, 0.3) is 0 Å². The number of likely N-dealkylation sites (tertiary alicyclic amines) is 1. The second-order valence-electron chi connectivity index (χ2n) is 5.96. The quantitative estimate of drug-likeness (QED) is 0.735. The molecule has 0 amide bonds. The molecular weight excluding hydrogens is 208 g/mol. The lowest BCUT2D eigenvalue weighted by atomic mass is 9.93. The van der Waals surface area contributed by atoms with Crippen LogP contribution in [0.1, 0.15) is 53.4 Å². The molecule has 102 valence electrons. The van der Waals surface area contributed by atoms with Gasteiger partial charge in [0.2, 0.25) is 0 Å². The Morgan fingerprint density at radius 1 is 1.18 bits per heavy atom. The average molecular weight is 240 g/mol. The largest absolute Gasteiger partial charge is 0.312 e. The normalized spacial score (nSPS) is 21.0. The summed E-state index contributed by atoms with van der Waals surface area (Å²) in [4.78, 5) is 2.67. The lowest BCUT2D eigenvalue weighted by Crippen LogP contribution is -2.46. The molecule has 0 saturated carbocycles. The first kappa shape index (κ1) is 15.0. The van der Waals surface area contributed by atoms with E-state index in [1.165, 1.54) is 45.3 Å². The Balaban J connectivity index is 2.30. The summed E-state index contributed by atoms with van der Waals surface area (Å²) in [6.07, 6.45) is 5.43. The SMILES string of the molecule is CCCNC(CN1CCC(CC)CC1)C(C)C. The van der Waals surface area contributed by atoms with Gasteiger partial charge in [0.05, 0.1) is 0 Å². The fourth-order valence-corrected chi connectivity index (χ4v) is 2.70. The third kappa shape index (κ3) is 5.39. The maximum Gasteiger partial charge on any atom is 0.0217 e. The topological polar surface area (TPSA) is 15.3 Å². The molecule has 1 rings (SSSR count). The van der Waals surface area contributed by atoms with Crippen molar-refractivity contribution < 1.29 is 0 Å². The highest BCUT2D eigenvalue weighted by atomic mass is 15.2. The van der Waals surface area contributed by atoms with Gasteiger partial charge in [0.15, 0.2) is 0 Å². The summed E-state index contributed by atoms with van der Waals surface area (Å²) in [7, 11) is 0. The predicted molar refractivity (Wildman–Crippen MR) is 76.4 cm³/mol. The summed E-state index contributed by atoms with van der Waals surface area (Å²) < 4.78 is 0. The molecule has 0 aromatic carbocycles. The Labute approximate surface area is 108 Å². The van der Waals surface area contributed by atoms with Crippen LogP contribution < -0.4 is 5.32 Å². The first-order valence-electron chi connectivity index (χ1n) is 7.63. The van der Waals surface area contributed by atoms with Gasteiger partial charge in [-0.25, -0.2) is 0 Å². The molecule has 0 aliphatic carbocycles. The van der Waals surface area contributed by atoms with Crippen molar-refractivity contribution in [1.82, 2.24) is 10.2 Å². The fourth-order valence-electron chi connectivity index (χ4n) is 2.70. The highest BCUT2D eigenvalue weighted by molar-refractivity contribution is 4.78. The van der Waals surface area contributed by atoms with E-state index in [2.05, 4.69) is 37.9 Å². The molecule has 0 bridgehead atoms. The van der Waals surface area contributed by atoms with Gasteiger partial charge in [-0.1, -0.05) is 34.1 Å². The molecular formula is C15H32N2. The van der Waals surface area contributed by atoms with Crippen LogP contribution in [0.4, 0.5) is 0 Å². The number of nitrogens with zero attached hydrogens (tertiary/aromatic N) is 1. The van der Waals surface area contributed by atoms with Crippen LogP contribution in [0.25, 0.3) is 0 Å². The van der Waals surface area contributed by atoms with Crippen molar-refractivity contribution in [3.63, 3.8) is 0 Å². The maximum absolute atomic E-state index is 3.70. The third-order valence-electron chi connectivity index (χ3n) is 4.20. The van der Waals surface area contributed by atoms with E-state index in [1.807, 2.05) is 0 Å². The van der Waals surface area contributed by atoms with Crippen LogP contribution in [0.5, 0.6) is 0 Å². The Bertz CT molecular complexity index is 183. The summed E-state index contributed by atoms with van der Waals surface area (Å²) in [6, 6.07) is 0.674. The van der Waals surface area contributed by atoms with E-state index in [1.54, 1.807) is 0 Å². The number of piperidine rings is 1. The number of rotatable bonds is 7. The average Bonchev–Trinajstić information content (AvgIpc) is 2.35. The lowest BCUT2D eigenvalue weighted by molar-refractivity contribution is 0.154. The van der Waals surface area contributed by atoms with Crippen LogP contribution in [0, 0.1) is 11.8 Å². The molecule has 1 atom stereocenters. The van der Waals surface area contributed by atoms with Crippen LogP contribution in [0.15, 0.2) is 0 Å². The van der Waals surface area contributed by atoms with Crippen LogP contribution in [-0.2, 0) is 0 Å². The second kappa shape index (κ2) is 8.10. The molecule has 0 spiro atoms. The molecule has 17 heavy (non-hydrogen) atoms. The van der Waals surface area contributed by atoms with E-state index >= 15 is 0 Å². The molecule has 0 aromatic heterocycles. The van der Waals surface area contributed by atoms with Crippen molar-refractivity contribution >= 4 is 0 Å². The van der Waals surface area contributed by atoms with Gasteiger partial charge in [0, 0.05) is 12.6 Å². The van der Waals surface area contributed by atoms with E-state index in [0.29, 0.717) is 6.04 Å². The van der Waals surface area contributed by atoms with Crippen LogP contribution >= 0.6 is 0 Å². The van der Waals surface area contributed by atoms with Gasteiger partial charge in [-0.3, -0.25) is 0 Å². The summed E-state index contributed by atoms with van der Waals surface area (Å²) >= 11 is 0. The maximum atomic E-state index is 3.70. The van der Waals surface area contributed by atoms with Crippen molar-refractivity contribution in [2.24, 2.45) is 11.8 Å². The molecule has 2 nitrogen and oxygen atoms in total. The third-order valence-corrected chi connectivity index (χ3v) is 4.20. The Morgan fingerprint density at radius 3 is 2.29 bits per heavy atom. The van der Waals surface area contributed by atoms with Crippen molar-refractivity contribution in [3.8, 4) is 0 Å². The zero-order valence-corrected chi connectivity index (χ0v) is 12.3. The highest BCUT2D eigenvalue weighted by Crippen LogP contribution is 2.20. The van der Waals surface area contributed by atoms with E-state index in [4.69, 9.17) is 0 Å². The number of hydrogen-bond acceptors (Lipinski definition) is 2. The molecule has 1 unspecified atom stereocenters. The van der Waals surface area contributed by atoms with Gasteiger partial charge in [-0.2, -0.15) is 0 Å². The number of nitrogens with one attached hydrogen (secondary N) is 1. The zero-order chi connectivity index (χ0) is 12.7. The summed E-state index contributed by atoms with van der Waals surface area (Å²) in [5.74, 6) is 1.73. The second-order valence-corrected chi connectivity index (χ2v) is 5.96. The minimum absolute atomic E-state index is 0.674. The summed E-state index contributed by atoms with van der Waals surface area (Å²) in [5.41, 5.74) is 0. The van der Waals surface area contributed by atoms with Gasteiger partial charge >= 0.3 is 0 Å². The standard InChI is InChI=1S/C15H32N2/c1-5-9-16-15(13(3)4)12-17-10-7-14(6-2)8-11-17/h13-16H,5-12H2,1-4H3. The molecule has 1 saturated heterocycles. The molecule has 1 aliphatic rings.